The van der Waals surface area contributed by atoms with Gasteiger partial charge >= 0.3 is 0 Å². The van der Waals surface area contributed by atoms with Crippen LogP contribution >= 0.6 is 0 Å². The third-order valence-corrected chi connectivity index (χ3v) is 7.21. The minimum absolute atomic E-state index is 0.0733. The molecular formula is C26H33N7O. The smallest absolute Gasteiger partial charge is 0.176 e. The molecule has 0 unspecified atom stereocenters. The molecule has 0 bridgehead atoms. The Balaban J connectivity index is 1.45. The molecule has 2 heterocycles. The number of H-pyrrole nitrogens is 1. The number of benzene rings is 2. The van der Waals surface area contributed by atoms with Crippen LogP contribution in [0, 0.1) is 18.3 Å². The van der Waals surface area contributed by atoms with Crippen LogP contribution in [0.2, 0.25) is 0 Å². The van der Waals surface area contributed by atoms with E-state index >= 15 is 0 Å². The number of hydrogen-bond donors (Lipinski definition) is 3. The van der Waals surface area contributed by atoms with E-state index in [9.17, 15) is 0 Å². The van der Waals surface area contributed by atoms with Crippen molar-refractivity contribution in [1.82, 2.24) is 14.8 Å². The van der Waals surface area contributed by atoms with E-state index in [0.717, 1.165) is 37.8 Å². The molecule has 0 spiro atoms. The summed E-state index contributed by atoms with van der Waals surface area (Å²) < 4.78 is 5.83. The molecule has 2 aromatic carbocycles. The lowest BCUT2D eigenvalue weighted by molar-refractivity contribution is 0.0650. The van der Waals surface area contributed by atoms with Gasteiger partial charge in [-0.3, -0.25) is 15.2 Å². The first-order chi connectivity index (χ1) is 16.6. The first-order valence-electron chi connectivity index (χ1n) is 12.0. The molecule has 4 N–H and O–H groups in total. The predicted octanol–water partition coefficient (Wildman–Crippen LogP) is 4.41. The predicted molar refractivity (Wildman–Crippen MR) is 134 cm³/mol. The quantitative estimate of drug-likeness (QED) is 0.160. The molecule has 1 saturated carbocycles. The largest absolute Gasteiger partial charge is 0.496 e. The molecule has 8 nitrogen and oxygen atoms in total. The Morgan fingerprint density at radius 1 is 1.21 bits per heavy atom. The van der Waals surface area contributed by atoms with E-state index in [1.807, 2.05) is 18.3 Å². The summed E-state index contributed by atoms with van der Waals surface area (Å²) in [7, 11) is 1.76. The highest BCUT2D eigenvalue weighted by Gasteiger charge is 2.32. The van der Waals surface area contributed by atoms with Gasteiger partial charge in [0, 0.05) is 67.0 Å². The summed E-state index contributed by atoms with van der Waals surface area (Å²) in [5.74, 6) is 7.01. The maximum Gasteiger partial charge on any atom is 0.176 e. The van der Waals surface area contributed by atoms with Gasteiger partial charge in [0.2, 0.25) is 0 Å². The zero-order valence-corrected chi connectivity index (χ0v) is 19.9. The Kier molecular flexibility index (Phi) is 6.34. The van der Waals surface area contributed by atoms with Crippen molar-refractivity contribution in [2.24, 2.45) is 22.1 Å². The van der Waals surface area contributed by atoms with E-state index in [-0.39, 0.29) is 11.9 Å². The van der Waals surface area contributed by atoms with E-state index < -0.39 is 0 Å². The van der Waals surface area contributed by atoms with Crippen LogP contribution < -0.4 is 10.6 Å². The summed E-state index contributed by atoms with van der Waals surface area (Å²) in [5.41, 5.74) is 5.56. The number of piperazine rings is 1. The molecule has 3 aromatic rings. The second kappa shape index (κ2) is 9.56. The van der Waals surface area contributed by atoms with E-state index in [1.54, 1.807) is 7.11 Å². The molecule has 1 aliphatic carbocycles. The van der Waals surface area contributed by atoms with Gasteiger partial charge in [-0.05, 0) is 48.9 Å². The number of nitrogens with one attached hydrogen (secondary N) is 2. The van der Waals surface area contributed by atoms with Crippen molar-refractivity contribution in [3.05, 3.63) is 64.8 Å². The molecule has 178 valence electrons. The fourth-order valence-corrected chi connectivity index (χ4v) is 5.18. The zero-order valence-electron chi connectivity index (χ0n) is 19.9. The topological polar surface area (TPSA) is 106 Å². The Labute approximate surface area is 200 Å². The van der Waals surface area contributed by atoms with Gasteiger partial charge in [-0.25, -0.2) is 0 Å². The van der Waals surface area contributed by atoms with Crippen LogP contribution in [-0.2, 0) is 6.54 Å². The van der Waals surface area contributed by atoms with Crippen molar-refractivity contribution >= 4 is 16.7 Å². The van der Waals surface area contributed by atoms with Crippen LogP contribution in [-0.4, -0.2) is 53.9 Å². The fourth-order valence-electron chi connectivity index (χ4n) is 5.18. The van der Waals surface area contributed by atoms with Crippen molar-refractivity contribution in [3.8, 4) is 5.75 Å². The number of methoxy groups -OCH3 is 1. The summed E-state index contributed by atoms with van der Waals surface area (Å²) in [6.45, 7) is 7.21. The highest BCUT2D eigenvalue weighted by molar-refractivity contribution is 5.96. The fraction of sp³-hybridized carbons (Fsp3) is 0.423. The summed E-state index contributed by atoms with van der Waals surface area (Å²) in [5, 5.41) is 16.1. The van der Waals surface area contributed by atoms with E-state index in [4.69, 9.17) is 16.0 Å². The monoisotopic (exact) mass is 459 g/mol. The van der Waals surface area contributed by atoms with Crippen LogP contribution in [0.25, 0.3) is 10.9 Å². The van der Waals surface area contributed by atoms with Crippen LogP contribution in [0.15, 0.2) is 52.9 Å². The van der Waals surface area contributed by atoms with Crippen LogP contribution in [0.5, 0.6) is 5.75 Å². The molecule has 0 amide bonds. The summed E-state index contributed by atoms with van der Waals surface area (Å²) in [6.07, 6.45) is 4.74. The molecule has 1 atom stereocenters. The molecular weight excluding hydrogens is 426 g/mol. The molecule has 34 heavy (non-hydrogen) atoms. The lowest BCUT2D eigenvalue weighted by atomic mass is 9.98. The molecule has 1 aliphatic heterocycles. The van der Waals surface area contributed by atoms with Gasteiger partial charge in [0.05, 0.1) is 7.11 Å². The van der Waals surface area contributed by atoms with Crippen LogP contribution in [0.4, 0.5) is 0 Å². The zero-order chi connectivity index (χ0) is 23.7. The van der Waals surface area contributed by atoms with Gasteiger partial charge in [0.1, 0.15) is 5.75 Å². The average Bonchev–Trinajstić information content (AvgIpc) is 3.52. The Bertz CT molecular complexity index is 1200. The maximum atomic E-state index is 8.00. The maximum absolute atomic E-state index is 8.00. The van der Waals surface area contributed by atoms with Crippen LogP contribution in [0.3, 0.4) is 0 Å². The molecule has 2 aliphatic rings. The lowest BCUT2D eigenvalue weighted by Gasteiger charge is -2.42. The highest BCUT2D eigenvalue weighted by atomic mass is 16.5. The lowest BCUT2D eigenvalue weighted by Crippen LogP contribution is -2.48. The standard InChI is InChI=1S/C26H33N7O/c1-17-13-24(34-2)22(21-9-10-29-25(17)21)15-33-12-11-32(14-18-3-4-18)16-23(33)19-5-7-20(8-6-19)26(27)30-31-28/h5-10,13,18,23,29H,3-4,11-12,14-16H2,1-2H3,(H3,27,28,30)/t23-/m0/s1. The summed E-state index contributed by atoms with van der Waals surface area (Å²) in [4.78, 5) is 8.59. The average molecular weight is 460 g/mol. The van der Waals surface area contributed by atoms with E-state index in [2.05, 4.69) is 56.3 Å². The van der Waals surface area contributed by atoms with Crippen molar-refractivity contribution in [1.29, 1.82) is 5.41 Å². The number of aryl methyl sites for hydroxylation is 1. The summed E-state index contributed by atoms with van der Waals surface area (Å²) in [6, 6.07) is 12.7. The number of amidine groups is 1. The minimum Gasteiger partial charge on any atom is -0.496 e. The first-order valence-corrected chi connectivity index (χ1v) is 12.0. The van der Waals surface area contributed by atoms with Crippen molar-refractivity contribution in [2.75, 3.05) is 33.3 Å². The third-order valence-electron chi connectivity index (χ3n) is 7.21. The van der Waals surface area contributed by atoms with E-state index in [0.29, 0.717) is 5.56 Å². The third kappa shape index (κ3) is 4.56. The van der Waals surface area contributed by atoms with Crippen molar-refractivity contribution < 1.29 is 4.74 Å². The van der Waals surface area contributed by atoms with Crippen LogP contribution in [0.1, 0.15) is 41.1 Å². The number of fused-ring (bicyclic) bond motifs is 1. The Morgan fingerprint density at radius 3 is 2.71 bits per heavy atom. The molecule has 5 rings (SSSR count). The SMILES string of the molecule is COc1cc(C)c2[nH]ccc2c1CN1CCN(CC2CC2)C[C@H]1c1ccc(C(=N)N=NN)cc1. The molecule has 0 radical (unpaired) electrons. The molecule has 1 saturated heterocycles. The molecule has 8 heteroatoms. The summed E-state index contributed by atoms with van der Waals surface area (Å²) >= 11 is 0. The highest BCUT2D eigenvalue weighted by Crippen LogP contribution is 2.36. The number of nitrogens with zero attached hydrogens (tertiary/aromatic N) is 4. The Hall–Kier alpha value is -3.23. The number of nitrogens with two attached hydrogens (primary N) is 1. The van der Waals surface area contributed by atoms with Gasteiger partial charge in [-0.1, -0.05) is 29.5 Å². The second-order valence-electron chi connectivity index (χ2n) is 9.52. The molecule has 1 aromatic heterocycles. The number of aromatic amines is 1. The van der Waals surface area contributed by atoms with Gasteiger partial charge in [-0.2, -0.15) is 0 Å². The van der Waals surface area contributed by atoms with Crippen molar-refractivity contribution in [2.45, 2.75) is 32.4 Å². The van der Waals surface area contributed by atoms with Gasteiger partial charge in [-0.15, -0.1) is 5.11 Å². The van der Waals surface area contributed by atoms with Gasteiger partial charge < -0.3 is 15.6 Å². The normalized spacial score (nSPS) is 19.8. The number of ether oxygens (including phenoxy) is 1. The Morgan fingerprint density at radius 2 is 2.00 bits per heavy atom. The first kappa shape index (κ1) is 22.6. The minimum atomic E-state index is 0.0733. The molecule has 2 fully saturated rings. The number of hydrogen-bond acceptors (Lipinski definition) is 5. The van der Waals surface area contributed by atoms with Gasteiger partial charge in [0.15, 0.2) is 5.84 Å². The number of aromatic nitrogens is 1. The number of rotatable bonds is 7. The van der Waals surface area contributed by atoms with Crippen molar-refractivity contribution in [3.63, 3.8) is 0 Å². The van der Waals surface area contributed by atoms with E-state index in [1.165, 1.54) is 47.0 Å². The second-order valence-corrected chi connectivity index (χ2v) is 9.52. The van der Waals surface area contributed by atoms with Gasteiger partial charge in [0.25, 0.3) is 0 Å².